The highest BCUT2D eigenvalue weighted by Crippen LogP contribution is 2.39. The van der Waals surface area contributed by atoms with Gasteiger partial charge in [0, 0.05) is 19.8 Å². The first-order chi connectivity index (χ1) is 11.6. The molecule has 2 aliphatic rings. The molecule has 3 atom stereocenters. The van der Waals surface area contributed by atoms with Crippen molar-refractivity contribution in [2.75, 3.05) is 19.5 Å². The van der Waals surface area contributed by atoms with E-state index in [0.29, 0.717) is 11.3 Å². The van der Waals surface area contributed by atoms with Gasteiger partial charge in [0.15, 0.2) is 0 Å². The number of fused-ring (bicyclic) bond motifs is 1. The minimum Gasteiger partial charge on any atom is -0.425 e. The second kappa shape index (κ2) is 7.35. The van der Waals surface area contributed by atoms with Gasteiger partial charge in [0.05, 0.1) is 12.0 Å². The summed E-state index contributed by atoms with van der Waals surface area (Å²) in [4.78, 5) is 37.9. The molecular weight excluding hydrogens is 348 g/mol. The van der Waals surface area contributed by atoms with E-state index in [2.05, 4.69) is 0 Å². The lowest BCUT2D eigenvalue weighted by atomic mass is 9.97. The highest BCUT2D eigenvalue weighted by atomic mass is 32.2. The molecule has 3 unspecified atom stereocenters. The topological polar surface area (TPSA) is 108 Å². The second-order valence-electron chi connectivity index (χ2n) is 6.95. The molecule has 8 nitrogen and oxygen atoms in total. The summed E-state index contributed by atoms with van der Waals surface area (Å²) in [6, 6.07) is -0.631. The summed E-state index contributed by atoms with van der Waals surface area (Å²) >= 11 is 1.48. The van der Waals surface area contributed by atoms with E-state index in [1.54, 1.807) is 20.8 Å². The van der Waals surface area contributed by atoms with Gasteiger partial charge in [-0.05, 0) is 26.3 Å². The van der Waals surface area contributed by atoms with Crippen LogP contribution in [0, 0.1) is 5.41 Å². The van der Waals surface area contributed by atoms with Gasteiger partial charge in [-0.15, -0.1) is 11.8 Å². The van der Waals surface area contributed by atoms with Crippen molar-refractivity contribution < 1.29 is 28.6 Å². The number of amides is 1. The van der Waals surface area contributed by atoms with Crippen LogP contribution in [0.25, 0.3) is 0 Å². The standard InChI is InChI=1S/C16H24N2O6S/c1-8(24-15(21)16(2,3)4)23-14(20)11-9(6-22-5)7-25-13-10(17)12(19)18(11)13/h8,10,13H,6-7,17H2,1-5H3. The molecule has 140 valence electrons. The van der Waals surface area contributed by atoms with E-state index in [-0.39, 0.29) is 23.6 Å². The molecule has 1 saturated heterocycles. The summed E-state index contributed by atoms with van der Waals surface area (Å²) in [5, 5.41) is -0.289. The van der Waals surface area contributed by atoms with E-state index in [4.69, 9.17) is 19.9 Å². The summed E-state index contributed by atoms with van der Waals surface area (Å²) in [6.07, 6.45) is -1.08. The van der Waals surface area contributed by atoms with Crippen LogP contribution in [0.3, 0.4) is 0 Å². The Morgan fingerprint density at radius 2 is 2.00 bits per heavy atom. The molecule has 0 aromatic carbocycles. The van der Waals surface area contributed by atoms with E-state index >= 15 is 0 Å². The van der Waals surface area contributed by atoms with Crippen LogP contribution in [0.2, 0.25) is 0 Å². The molecule has 2 N–H and O–H groups in total. The minimum absolute atomic E-state index is 0.135. The third kappa shape index (κ3) is 3.99. The van der Waals surface area contributed by atoms with Crippen LogP contribution in [0.5, 0.6) is 0 Å². The van der Waals surface area contributed by atoms with E-state index in [0.717, 1.165) is 0 Å². The maximum Gasteiger partial charge on any atom is 0.358 e. The van der Waals surface area contributed by atoms with Gasteiger partial charge < -0.3 is 19.9 Å². The first kappa shape index (κ1) is 19.7. The van der Waals surface area contributed by atoms with Gasteiger partial charge in [0.2, 0.25) is 12.2 Å². The molecule has 2 aliphatic heterocycles. The summed E-state index contributed by atoms with van der Waals surface area (Å²) in [5.41, 5.74) is 5.85. The first-order valence-corrected chi connectivity index (χ1v) is 8.96. The third-order valence-electron chi connectivity index (χ3n) is 3.76. The Hall–Kier alpha value is -1.58. The average Bonchev–Trinajstić information content (AvgIpc) is 2.52. The molecule has 0 radical (unpaired) electrons. The molecule has 0 aliphatic carbocycles. The van der Waals surface area contributed by atoms with Crippen molar-refractivity contribution in [3.05, 3.63) is 11.3 Å². The third-order valence-corrected chi connectivity index (χ3v) is 5.12. The fourth-order valence-corrected chi connectivity index (χ4v) is 3.69. The zero-order valence-corrected chi connectivity index (χ0v) is 15.8. The van der Waals surface area contributed by atoms with Crippen LogP contribution in [0.15, 0.2) is 11.3 Å². The van der Waals surface area contributed by atoms with Gasteiger partial charge in [-0.25, -0.2) is 4.79 Å². The number of nitrogens with zero attached hydrogens (tertiary/aromatic N) is 1. The van der Waals surface area contributed by atoms with Gasteiger partial charge in [-0.2, -0.15) is 0 Å². The lowest BCUT2D eigenvalue weighted by Crippen LogP contribution is -2.68. The highest BCUT2D eigenvalue weighted by Gasteiger charge is 2.52. The largest absolute Gasteiger partial charge is 0.425 e. The van der Waals surface area contributed by atoms with Crippen molar-refractivity contribution in [2.45, 2.75) is 45.4 Å². The van der Waals surface area contributed by atoms with Gasteiger partial charge in [-0.3, -0.25) is 14.5 Å². The number of rotatable bonds is 5. The molecule has 1 amide bonds. The van der Waals surface area contributed by atoms with E-state index < -0.39 is 29.7 Å². The van der Waals surface area contributed by atoms with Crippen LogP contribution in [0.1, 0.15) is 27.7 Å². The lowest BCUT2D eigenvalue weighted by Gasteiger charge is -2.48. The Kier molecular flexibility index (Phi) is 5.80. The highest BCUT2D eigenvalue weighted by molar-refractivity contribution is 8.00. The van der Waals surface area contributed by atoms with Crippen molar-refractivity contribution in [1.82, 2.24) is 4.90 Å². The maximum atomic E-state index is 12.6. The summed E-state index contributed by atoms with van der Waals surface area (Å²) in [6.45, 7) is 6.75. The molecule has 25 heavy (non-hydrogen) atoms. The van der Waals surface area contributed by atoms with Crippen LogP contribution in [-0.4, -0.2) is 59.9 Å². The van der Waals surface area contributed by atoms with Crippen molar-refractivity contribution in [1.29, 1.82) is 0 Å². The SMILES string of the molecule is COCC1=C(C(=O)OC(C)OC(=O)C(C)(C)C)N2C(=O)C(N)C2SC1. The second-order valence-corrected chi connectivity index (χ2v) is 8.05. The van der Waals surface area contributed by atoms with Crippen LogP contribution in [-0.2, 0) is 28.6 Å². The fraction of sp³-hybridized carbons (Fsp3) is 0.688. The van der Waals surface area contributed by atoms with Crippen LogP contribution < -0.4 is 5.73 Å². The smallest absolute Gasteiger partial charge is 0.358 e. The number of carbonyl (C=O) groups excluding carboxylic acids is 3. The van der Waals surface area contributed by atoms with Crippen molar-refractivity contribution in [3.63, 3.8) is 0 Å². The average molecular weight is 372 g/mol. The molecule has 2 rings (SSSR count). The number of esters is 2. The first-order valence-electron chi connectivity index (χ1n) is 7.91. The molecule has 1 fully saturated rings. The number of nitrogens with two attached hydrogens (primary N) is 1. The maximum absolute atomic E-state index is 12.6. The number of thioether (sulfide) groups is 1. The molecular formula is C16H24N2O6S. The summed E-state index contributed by atoms with van der Waals surface area (Å²) in [5.74, 6) is -1.04. The van der Waals surface area contributed by atoms with Gasteiger partial charge in [0.1, 0.15) is 17.1 Å². The van der Waals surface area contributed by atoms with E-state index in [1.165, 1.54) is 30.7 Å². The van der Waals surface area contributed by atoms with Crippen molar-refractivity contribution >= 4 is 29.6 Å². The molecule has 0 saturated carbocycles. The molecule has 0 aromatic heterocycles. The Balaban J connectivity index is 2.14. The Morgan fingerprint density at radius 3 is 2.56 bits per heavy atom. The summed E-state index contributed by atoms with van der Waals surface area (Å²) < 4.78 is 15.5. The van der Waals surface area contributed by atoms with Gasteiger partial charge >= 0.3 is 11.9 Å². The van der Waals surface area contributed by atoms with Crippen molar-refractivity contribution in [3.8, 4) is 0 Å². The Bertz CT molecular complexity index is 612. The van der Waals surface area contributed by atoms with Crippen LogP contribution >= 0.6 is 11.8 Å². The minimum atomic E-state index is -1.08. The lowest BCUT2D eigenvalue weighted by molar-refractivity contribution is -0.190. The normalized spacial score (nSPS) is 24.4. The van der Waals surface area contributed by atoms with E-state index in [1.807, 2.05) is 0 Å². The molecule has 0 spiro atoms. The summed E-state index contributed by atoms with van der Waals surface area (Å²) in [7, 11) is 1.50. The molecule has 0 aromatic rings. The predicted octanol–water partition coefficient (Wildman–Crippen LogP) is 0.608. The predicted molar refractivity (Wildman–Crippen MR) is 91.1 cm³/mol. The number of ether oxygens (including phenoxy) is 3. The number of β-lactam (4-membered cyclic amide) rings is 1. The quantitative estimate of drug-likeness (QED) is 0.425. The van der Waals surface area contributed by atoms with Crippen LogP contribution in [0.4, 0.5) is 0 Å². The fourth-order valence-electron chi connectivity index (χ4n) is 2.41. The van der Waals surface area contributed by atoms with Crippen molar-refractivity contribution in [2.24, 2.45) is 11.1 Å². The number of methoxy groups -OCH3 is 1. The Labute approximate surface area is 151 Å². The molecule has 0 bridgehead atoms. The number of carbonyl (C=O) groups is 3. The Morgan fingerprint density at radius 1 is 1.36 bits per heavy atom. The molecule has 9 heteroatoms. The number of hydrogen-bond donors (Lipinski definition) is 1. The zero-order chi connectivity index (χ0) is 18.9. The molecule has 2 heterocycles. The zero-order valence-electron chi connectivity index (χ0n) is 15.0. The number of hydrogen-bond acceptors (Lipinski definition) is 8. The van der Waals surface area contributed by atoms with E-state index in [9.17, 15) is 14.4 Å². The van der Waals surface area contributed by atoms with Gasteiger partial charge in [-0.1, -0.05) is 0 Å². The monoisotopic (exact) mass is 372 g/mol. The van der Waals surface area contributed by atoms with Gasteiger partial charge in [0.25, 0.3) is 0 Å².